The first-order valence-corrected chi connectivity index (χ1v) is 6.58. The van der Waals surface area contributed by atoms with Gasteiger partial charge in [-0.3, -0.25) is 0 Å². The van der Waals surface area contributed by atoms with E-state index in [-0.39, 0.29) is 11.9 Å². The van der Waals surface area contributed by atoms with Gasteiger partial charge in [0.2, 0.25) is 0 Å². The van der Waals surface area contributed by atoms with Crippen molar-refractivity contribution in [2.45, 2.75) is 24.8 Å². The largest absolute Gasteiger partial charge is 0.382 e. The molecule has 0 bridgehead atoms. The third-order valence-corrected chi connectivity index (χ3v) is 3.71. The summed E-state index contributed by atoms with van der Waals surface area (Å²) < 4.78 is 39.0. The van der Waals surface area contributed by atoms with Crippen LogP contribution in [0.25, 0.3) is 0 Å². The molecule has 0 aliphatic heterocycles. The Balaban J connectivity index is 1.59. The quantitative estimate of drug-likeness (QED) is 0.873. The smallest absolute Gasteiger partial charge is 0.128 e. The first-order valence-electron chi connectivity index (χ1n) is 6.58. The van der Waals surface area contributed by atoms with E-state index in [1.54, 1.807) is 12.1 Å². The maximum absolute atomic E-state index is 13.1. The number of hydrogen-bond acceptors (Lipinski definition) is 1. The Labute approximate surface area is 115 Å². The number of benzene rings is 2. The van der Waals surface area contributed by atoms with Crippen LogP contribution in [0.15, 0.2) is 42.5 Å². The predicted octanol–water partition coefficient (Wildman–Crippen LogP) is 4.46. The lowest BCUT2D eigenvalue weighted by atomic mass is 9.76. The van der Waals surface area contributed by atoms with Crippen molar-refractivity contribution in [1.29, 1.82) is 0 Å². The highest BCUT2D eigenvalue weighted by molar-refractivity contribution is 5.45. The molecule has 0 saturated heterocycles. The Morgan fingerprint density at radius 1 is 0.800 bits per heavy atom. The van der Waals surface area contributed by atoms with Gasteiger partial charge in [-0.1, -0.05) is 12.1 Å². The summed E-state index contributed by atoms with van der Waals surface area (Å²) >= 11 is 0. The monoisotopic (exact) mass is 277 g/mol. The minimum Gasteiger partial charge on any atom is -0.382 e. The third kappa shape index (κ3) is 2.79. The van der Waals surface area contributed by atoms with Crippen molar-refractivity contribution in [1.82, 2.24) is 0 Å². The molecule has 1 aliphatic carbocycles. The van der Waals surface area contributed by atoms with Crippen molar-refractivity contribution >= 4 is 5.69 Å². The first-order chi connectivity index (χ1) is 9.60. The fraction of sp³-hybridized carbons (Fsp3) is 0.250. The second-order valence-electron chi connectivity index (χ2n) is 5.22. The molecule has 0 aromatic heterocycles. The van der Waals surface area contributed by atoms with Crippen LogP contribution in [-0.2, 0) is 0 Å². The molecule has 0 atom stereocenters. The van der Waals surface area contributed by atoms with Gasteiger partial charge >= 0.3 is 0 Å². The Hall–Kier alpha value is -1.97. The maximum Gasteiger partial charge on any atom is 0.128 e. The molecule has 2 aromatic rings. The van der Waals surface area contributed by atoms with Crippen LogP contribution in [0.5, 0.6) is 0 Å². The summed E-state index contributed by atoms with van der Waals surface area (Å²) in [5, 5.41) is 3.12. The maximum atomic E-state index is 13.1. The zero-order valence-corrected chi connectivity index (χ0v) is 10.7. The van der Waals surface area contributed by atoms with Crippen molar-refractivity contribution in [3.63, 3.8) is 0 Å². The molecule has 20 heavy (non-hydrogen) atoms. The molecule has 1 saturated carbocycles. The fourth-order valence-electron chi connectivity index (χ4n) is 2.62. The number of halogens is 3. The van der Waals surface area contributed by atoms with E-state index in [4.69, 9.17) is 0 Å². The molecule has 1 fully saturated rings. The molecule has 1 nitrogen and oxygen atoms in total. The molecule has 104 valence electrons. The number of rotatable bonds is 3. The number of hydrogen-bond donors (Lipinski definition) is 1. The zero-order chi connectivity index (χ0) is 14.1. The second kappa shape index (κ2) is 5.19. The van der Waals surface area contributed by atoms with Gasteiger partial charge in [-0.2, -0.15) is 0 Å². The minimum atomic E-state index is -0.582. The van der Waals surface area contributed by atoms with Gasteiger partial charge in [-0.05, 0) is 48.6 Å². The average molecular weight is 277 g/mol. The summed E-state index contributed by atoms with van der Waals surface area (Å²) in [6.07, 6.45) is 1.76. The van der Waals surface area contributed by atoms with Gasteiger partial charge in [0.05, 0.1) is 0 Å². The summed E-state index contributed by atoms with van der Waals surface area (Å²) in [5.41, 5.74) is 1.57. The molecule has 1 N–H and O–H groups in total. The topological polar surface area (TPSA) is 12.0 Å². The summed E-state index contributed by atoms with van der Waals surface area (Å²) in [6, 6.07) is 10.1. The summed E-state index contributed by atoms with van der Waals surface area (Å²) in [6.45, 7) is 0. The molecule has 0 unspecified atom stereocenters. The standard InChI is InChI=1S/C16H14F3N/c17-12-3-1-10(2-4-12)11-5-15(6-11)20-16-8-13(18)7-14(19)9-16/h1-4,7-9,11,15,20H,5-6H2. The van der Waals surface area contributed by atoms with Crippen LogP contribution in [0.1, 0.15) is 24.3 Å². The highest BCUT2D eigenvalue weighted by Gasteiger charge is 2.30. The average Bonchev–Trinajstić information content (AvgIpc) is 2.33. The number of nitrogens with one attached hydrogen (secondary N) is 1. The van der Waals surface area contributed by atoms with Crippen molar-refractivity contribution < 1.29 is 13.2 Å². The Bertz CT molecular complexity index is 583. The van der Waals surface area contributed by atoms with Crippen LogP contribution in [0.2, 0.25) is 0 Å². The van der Waals surface area contributed by atoms with Gasteiger partial charge in [0, 0.05) is 17.8 Å². The van der Waals surface area contributed by atoms with Crippen molar-refractivity contribution in [3.8, 4) is 0 Å². The van der Waals surface area contributed by atoms with Gasteiger partial charge in [0.1, 0.15) is 17.5 Å². The highest BCUT2D eigenvalue weighted by Crippen LogP contribution is 2.38. The molecular weight excluding hydrogens is 263 g/mol. The Kier molecular flexibility index (Phi) is 3.38. The van der Waals surface area contributed by atoms with E-state index in [9.17, 15) is 13.2 Å². The Morgan fingerprint density at radius 2 is 1.40 bits per heavy atom. The van der Waals surface area contributed by atoms with Crippen LogP contribution in [0.3, 0.4) is 0 Å². The summed E-state index contributed by atoms with van der Waals surface area (Å²) in [4.78, 5) is 0. The normalized spacial score (nSPS) is 21.4. The van der Waals surface area contributed by atoms with E-state index in [0.29, 0.717) is 11.6 Å². The summed E-state index contributed by atoms with van der Waals surface area (Å²) in [5.74, 6) is -1.02. The summed E-state index contributed by atoms with van der Waals surface area (Å²) in [7, 11) is 0. The van der Waals surface area contributed by atoms with E-state index in [1.165, 1.54) is 24.3 Å². The van der Waals surface area contributed by atoms with Crippen LogP contribution >= 0.6 is 0 Å². The molecule has 0 spiro atoms. The Morgan fingerprint density at radius 3 is 2.00 bits per heavy atom. The van der Waals surface area contributed by atoms with E-state index in [1.807, 2.05) is 0 Å². The first kappa shape index (κ1) is 13.0. The third-order valence-electron chi connectivity index (χ3n) is 3.71. The van der Waals surface area contributed by atoms with Gasteiger partial charge < -0.3 is 5.32 Å². The van der Waals surface area contributed by atoms with Crippen LogP contribution < -0.4 is 5.32 Å². The molecule has 4 heteroatoms. The lowest BCUT2D eigenvalue weighted by molar-refractivity contribution is 0.373. The molecule has 0 amide bonds. The second-order valence-corrected chi connectivity index (χ2v) is 5.22. The fourth-order valence-corrected chi connectivity index (χ4v) is 2.62. The number of anilines is 1. The van der Waals surface area contributed by atoms with Gasteiger partial charge in [-0.25, -0.2) is 13.2 Å². The van der Waals surface area contributed by atoms with Gasteiger partial charge in [-0.15, -0.1) is 0 Å². The van der Waals surface area contributed by atoms with Crippen LogP contribution in [0, 0.1) is 17.5 Å². The highest BCUT2D eigenvalue weighted by atomic mass is 19.1. The predicted molar refractivity (Wildman–Crippen MR) is 72.1 cm³/mol. The lowest BCUT2D eigenvalue weighted by Crippen LogP contribution is -2.34. The molecule has 3 rings (SSSR count). The molecule has 2 aromatic carbocycles. The molecule has 0 radical (unpaired) electrons. The van der Waals surface area contributed by atoms with Gasteiger partial charge in [0.25, 0.3) is 0 Å². The van der Waals surface area contributed by atoms with Crippen LogP contribution in [0.4, 0.5) is 18.9 Å². The van der Waals surface area contributed by atoms with Gasteiger partial charge in [0.15, 0.2) is 0 Å². The van der Waals surface area contributed by atoms with E-state index < -0.39 is 11.6 Å². The SMILES string of the molecule is Fc1ccc(C2CC(Nc3cc(F)cc(F)c3)C2)cc1. The molecular formula is C16H14F3N. The van der Waals surface area contributed by atoms with Crippen molar-refractivity contribution in [2.75, 3.05) is 5.32 Å². The molecule has 1 aliphatic rings. The van der Waals surface area contributed by atoms with E-state index in [2.05, 4.69) is 5.32 Å². The minimum absolute atomic E-state index is 0.200. The van der Waals surface area contributed by atoms with Crippen molar-refractivity contribution in [2.24, 2.45) is 0 Å². The van der Waals surface area contributed by atoms with E-state index in [0.717, 1.165) is 24.5 Å². The van der Waals surface area contributed by atoms with Crippen LogP contribution in [-0.4, -0.2) is 6.04 Å². The zero-order valence-electron chi connectivity index (χ0n) is 10.7. The van der Waals surface area contributed by atoms with Crippen molar-refractivity contribution in [3.05, 3.63) is 65.5 Å². The molecule has 0 heterocycles. The van der Waals surface area contributed by atoms with E-state index >= 15 is 0 Å². The lowest BCUT2D eigenvalue weighted by Gasteiger charge is -2.37.